The maximum absolute atomic E-state index is 11.5. The van der Waals surface area contributed by atoms with Crippen LogP contribution in [-0.2, 0) is 4.79 Å². The van der Waals surface area contributed by atoms with Crippen LogP contribution in [0.4, 0.5) is 0 Å². The van der Waals surface area contributed by atoms with Crippen molar-refractivity contribution in [1.82, 2.24) is 5.32 Å². The van der Waals surface area contributed by atoms with E-state index in [1.54, 1.807) is 0 Å². The van der Waals surface area contributed by atoms with Gasteiger partial charge in [-0.1, -0.05) is 61.6 Å². The molecule has 0 saturated carbocycles. The van der Waals surface area contributed by atoms with Crippen LogP contribution in [0, 0.1) is 0 Å². The molecule has 94 valence electrons. The molecule has 0 spiro atoms. The summed E-state index contributed by atoms with van der Waals surface area (Å²) in [6, 6.07) is 0. The Morgan fingerprint density at radius 3 is 2.11 bits per heavy atom. The van der Waals surface area contributed by atoms with E-state index >= 15 is 0 Å². The average molecular weight is 241 g/mol. The first-order valence-electron chi connectivity index (χ1n) is 6.18. The van der Waals surface area contributed by atoms with E-state index in [0.717, 1.165) is 12.1 Å². The van der Waals surface area contributed by atoms with Crippen molar-refractivity contribution in [3.8, 4) is 0 Å². The Hall–Kier alpha value is -2.09. The largest absolute Gasteiger partial charge is 0.326 e. The summed E-state index contributed by atoms with van der Waals surface area (Å²) in [6.45, 7) is 1.99. The molecule has 0 aromatic heterocycles. The Labute approximate surface area is 109 Å². The molecule has 0 bridgehead atoms. The summed E-state index contributed by atoms with van der Waals surface area (Å²) >= 11 is 0. The van der Waals surface area contributed by atoms with E-state index < -0.39 is 0 Å². The monoisotopic (exact) mass is 241 g/mol. The molecule has 0 aliphatic heterocycles. The molecule has 0 radical (unpaired) electrons. The SMILES string of the molecule is CCCC(=O)NC1=CC=CC=CC=CC=CC=C1. The Morgan fingerprint density at radius 1 is 0.944 bits per heavy atom. The van der Waals surface area contributed by atoms with E-state index in [9.17, 15) is 4.79 Å². The van der Waals surface area contributed by atoms with Crippen molar-refractivity contribution in [3.63, 3.8) is 0 Å². The first kappa shape index (κ1) is 14.0. The lowest BCUT2D eigenvalue weighted by molar-refractivity contribution is -0.120. The smallest absolute Gasteiger partial charge is 0.224 e. The molecule has 2 nitrogen and oxygen atoms in total. The predicted octanol–water partition coefficient (Wildman–Crippen LogP) is 3.58. The molecule has 1 N–H and O–H groups in total. The highest BCUT2D eigenvalue weighted by molar-refractivity contribution is 5.78. The predicted molar refractivity (Wildman–Crippen MR) is 76.8 cm³/mol. The minimum Gasteiger partial charge on any atom is -0.326 e. The van der Waals surface area contributed by atoms with Gasteiger partial charge >= 0.3 is 0 Å². The van der Waals surface area contributed by atoms with Crippen LogP contribution in [0.3, 0.4) is 0 Å². The molecule has 1 amide bonds. The number of carbonyl (C=O) groups excluding carboxylic acids is 1. The molecule has 0 unspecified atom stereocenters. The number of amides is 1. The summed E-state index contributed by atoms with van der Waals surface area (Å²) in [7, 11) is 0. The normalized spacial score (nSPS) is 14.8. The summed E-state index contributed by atoms with van der Waals surface area (Å²) in [5.41, 5.74) is 0.798. The first-order chi connectivity index (χ1) is 8.83. The lowest BCUT2D eigenvalue weighted by Crippen LogP contribution is -2.21. The number of hydrogen-bond acceptors (Lipinski definition) is 1. The molecule has 1 aliphatic carbocycles. The van der Waals surface area contributed by atoms with Gasteiger partial charge < -0.3 is 5.32 Å². The van der Waals surface area contributed by atoms with Gasteiger partial charge in [0.05, 0.1) is 0 Å². The maximum Gasteiger partial charge on any atom is 0.224 e. The molecule has 1 aliphatic rings. The number of allylic oxidation sites excluding steroid dienone is 11. The minimum absolute atomic E-state index is 0.0494. The highest BCUT2D eigenvalue weighted by Gasteiger charge is 1.99. The molecular formula is C16H19NO. The number of hydrogen-bond donors (Lipinski definition) is 1. The Bertz CT molecular complexity index is 434. The highest BCUT2D eigenvalue weighted by atomic mass is 16.1. The molecule has 0 fully saturated rings. The Kier molecular flexibility index (Phi) is 6.98. The van der Waals surface area contributed by atoms with E-state index in [1.807, 2.05) is 73.8 Å². The van der Waals surface area contributed by atoms with Crippen molar-refractivity contribution in [2.24, 2.45) is 0 Å². The van der Waals surface area contributed by atoms with Gasteiger partial charge in [-0.3, -0.25) is 4.79 Å². The van der Waals surface area contributed by atoms with Gasteiger partial charge in [0.1, 0.15) is 0 Å². The van der Waals surface area contributed by atoms with Crippen LogP contribution in [0.25, 0.3) is 0 Å². The second kappa shape index (κ2) is 8.99. The molecule has 0 aromatic rings. The summed E-state index contributed by atoms with van der Waals surface area (Å²) in [4.78, 5) is 11.5. The van der Waals surface area contributed by atoms with Gasteiger partial charge in [0.2, 0.25) is 5.91 Å². The quantitative estimate of drug-likeness (QED) is 0.804. The van der Waals surface area contributed by atoms with E-state index in [-0.39, 0.29) is 5.91 Å². The lowest BCUT2D eigenvalue weighted by Gasteiger charge is -2.03. The third-order valence-corrected chi connectivity index (χ3v) is 2.20. The molecule has 0 heterocycles. The lowest BCUT2D eigenvalue weighted by atomic mass is 10.2. The summed E-state index contributed by atoms with van der Waals surface area (Å²) < 4.78 is 0. The van der Waals surface area contributed by atoms with E-state index in [0.29, 0.717) is 6.42 Å². The van der Waals surface area contributed by atoms with E-state index in [2.05, 4.69) is 5.32 Å². The molecule has 0 atom stereocenters. The fourth-order valence-corrected chi connectivity index (χ4v) is 1.36. The van der Waals surface area contributed by atoms with Crippen LogP contribution in [0.2, 0.25) is 0 Å². The first-order valence-corrected chi connectivity index (χ1v) is 6.18. The van der Waals surface area contributed by atoms with Crippen molar-refractivity contribution >= 4 is 5.91 Å². The van der Waals surface area contributed by atoms with Crippen LogP contribution < -0.4 is 5.32 Å². The molecule has 0 saturated heterocycles. The van der Waals surface area contributed by atoms with Crippen LogP contribution in [0.15, 0.2) is 72.5 Å². The van der Waals surface area contributed by atoms with Crippen LogP contribution in [-0.4, -0.2) is 5.91 Å². The van der Waals surface area contributed by atoms with Crippen LogP contribution in [0.1, 0.15) is 19.8 Å². The van der Waals surface area contributed by atoms with Crippen molar-refractivity contribution in [2.45, 2.75) is 19.8 Å². The van der Waals surface area contributed by atoms with Crippen molar-refractivity contribution in [2.75, 3.05) is 0 Å². The number of nitrogens with one attached hydrogen (secondary N) is 1. The van der Waals surface area contributed by atoms with Gasteiger partial charge in [-0.15, -0.1) is 0 Å². The second-order valence-corrected chi connectivity index (χ2v) is 3.82. The third kappa shape index (κ3) is 6.48. The Morgan fingerprint density at radius 2 is 1.50 bits per heavy atom. The van der Waals surface area contributed by atoms with Crippen molar-refractivity contribution in [1.29, 1.82) is 0 Å². The number of carbonyl (C=O) groups is 1. The number of rotatable bonds is 3. The van der Waals surface area contributed by atoms with Gasteiger partial charge in [0.15, 0.2) is 0 Å². The highest BCUT2D eigenvalue weighted by Crippen LogP contribution is 1.98. The van der Waals surface area contributed by atoms with Crippen LogP contribution >= 0.6 is 0 Å². The zero-order valence-corrected chi connectivity index (χ0v) is 10.7. The summed E-state index contributed by atoms with van der Waals surface area (Å²) in [6.07, 6.45) is 22.6. The van der Waals surface area contributed by atoms with Crippen LogP contribution in [0.5, 0.6) is 0 Å². The molecule has 2 heteroatoms. The topological polar surface area (TPSA) is 29.1 Å². The van der Waals surface area contributed by atoms with Gasteiger partial charge in [-0.05, 0) is 18.6 Å². The average Bonchev–Trinajstić information content (AvgIpc) is 2.33. The van der Waals surface area contributed by atoms with Gasteiger partial charge in [0, 0.05) is 12.1 Å². The minimum atomic E-state index is 0.0494. The zero-order valence-electron chi connectivity index (χ0n) is 10.7. The van der Waals surface area contributed by atoms with E-state index in [4.69, 9.17) is 0 Å². The molecule has 18 heavy (non-hydrogen) atoms. The Balaban J connectivity index is 2.75. The standard InChI is InChI=1S/C16H19NO/c1-2-12-16(18)17-15-13-10-8-6-4-3-5-7-9-11-14-15/h3-11,13-14H,2,12H2,1H3,(H,17,18). The van der Waals surface area contributed by atoms with Gasteiger partial charge in [-0.25, -0.2) is 0 Å². The van der Waals surface area contributed by atoms with E-state index in [1.165, 1.54) is 0 Å². The zero-order chi connectivity index (χ0) is 13.1. The van der Waals surface area contributed by atoms with Crippen molar-refractivity contribution < 1.29 is 4.79 Å². The third-order valence-electron chi connectivity index (χ3n) is 2.20. The molecule has 1 rings (SSSR count). The second-order valence-electron chi connectivity index (χ2n) is 3.82. The summed E-state index contributed by atoms with van der Waals surface area (Å²) in [5, 5.41) is 2.88. The summed E-state index contributed by atoms with van der Waals surface area (Å²) in [5.74, 6) is 0.0494. The molecule has 0 aromatic carbocycles. The molecular weight excluding hydrogens is 222 g/mol. The fourth-order valence-electron chi connectivity index (χ4n) is 1.36. The maximum atomic E-state index is 11.5. The fraction of sp³-hybridized carbons (Fsp3) is 0.188. The van der Waals surface area contributed by atoms with Gasteiger partial charge in [-0.2, -0.15) is 0 Å². The van der Waals surface area contributed by atoms with Gasteiger partial charge in [0.25, 0.3) is 0 Å². The van der Waals surface area contributed by atoms with Crippen molar-refractivity contribution in [3.05, 3.63) is 72.5 Å².